The summed E-state index contributed by atoms with van der Waals surface area (Å²) in [6.07, 6.45) is 1.78. The zero-order chi connectivity index (χ0) is 15.2. The molecular weight excluding hydrogens is 286 g/mol. The minimum Gasteiger partial charge on any atom is -0.465 e. The third-order valence-corrected chi connectivity index (χ3v) is 4.98. The second-order valence-electron chi connectivity index (χ2n) is 5.12. The summed E-state index contributed by atoms with van der Waals surface area (Å²) < 4.78 is 5.13. The van der Waals surface area contributed by atoms with Crippen LogP contribution < -0.4 is 5.32 Å². The van der Waals surface area contributed by atoms with Crippen LogP contribution in [0.2, 0.25) is 0 Å². The Balaban J connectivity index is 1.91. The van der Waals surface area contributed by atoms with E-state index in [1.807, 2.05) is 6.92 Å². The Kier molecular flexibility index (Phi) is 5.99. The number of nitrogens with one attached hydrogen (secondary N) is 1. The number of carbonyl (C=O) groups is 1. The summed E-state index contributed by atoms with van der Waals surface area (Å²) in [5.74, 6) is -0.286. The van der Waals surface area contributed by atoms with Gasteiger partial charge in [-0.15, -0.1) is 11.3 Å². The first-order valence-electron chi connectivity index (χ1n) is 7.82. The average Bonchev–Trinajstić information content (AvgIpc) is 3.03. The van der Waals surface area contributed by atoms with Crippen LogP contribution >= 0.6 is 11.3 Å². The third kappa shape index (κ3) is 3.95. The molecule has 1 N–H and O–H groups in total. The summed E-state index contributed by atoms with van der Waals surface area (Å²) in [6, 6.07) is 0. The molecule has 5 nitrogen and oxygen atoms in total. The van der Waals surface area contributed by atoms with Gasteiger partial charge < -0.3 is 15.0 Å². The van der Waals surface area contributed by atoms with Crippen molar-refractivity contribution in [2.45, 2.75) is 39.5 Å². The molecule has 0 bridgehead atoms. The molecule has 0 aromatic carbocycles. The first-order chi connectivity index (χ1) is 10.2. The Bertz CT molecular complexity index is 471. The van der Waals surface area contributed by atoms with Crippen molar-refractivity contribution < 1.29 is 9.53 Å². The van der Waals surface area contributed by atoms with Gasteiger partial charge in [-0.1, -0.05) is 13.8 Å². The highest BCUT2D eigenvalue weighted by atomic mass is 32.1. The number of aromatic nitrogens is 1. The molecule has 0 saturated heterocycles. The first-order valence-corrected chi connectivity index (χ1v) is 8.63. The highest BCUT2D eigenvalue weighted by molar-refractivity contribution is 7.15. The number of anilines is 1. The summed E-state index contributed by atoms with van der Waals surface area (Å²) in [5, 5.41) is 4.31. The molecule has 0 radical (unpaired) electrons. The van der Waals surface area contributed by atoms with Gasteiger partial charge in [0.25, 0.3) is 0 Å². The fourth-order valence-electron chi connectivity index (χ4n) is 2.64. The number of aryl methyl sites for hydroxylation is 1. The molecule has 1 heterocycles. The molecule has 1 aliphatic carbocycles. The SMILES string of the molecule is CCOC(=O)C1CCc2sc(NCCN(CC)CC)nc21. The largest absolute Gasteiger partial charge is 0.465 e. The standard InChI is InChI=1S/C15H25N3O2S/c1-4-18(5-2)10-9-16-15-17-13-11(14(19)20-6-3)7-8-12(13)21-15/h11H,4-10H2,1-3H3,(H,16,17). The Hall–Kier alpha value is -1.14. The number of nitrogens with zero attached hydrogens (tertiary/aromatic N) is 2. The molecule has 0 aliphatic heterocycles. The molecule has 0 spiro atoms. The van der Waals surface area contributed by atoms with Gasteiger partial charge in [-0.25, -0.2) is 4.98 Å². The fourth-order valence-corrected chi connectivity index (χ4v) is 3.70. The minimum absolute atomic E-state index is 0.128. The summed E-state index contributed by atoms with van der Waals surface area (Å²) in [6.45, 7) is 10.7. The smallest absolute Gasteiger partial charge is 0.315 e. The van der Waals surface area contributed by atoms with Crippen molar-refractivity contribution in [1.29, 1.82) is 0 Å². The van der Waals surface area contributed by atoms with E-state index in [4.69, 9.17) is 4.74 Å². The molecule has 2 rings (SSSR count). The maximum atomic E-state index is 11.9. The van der Waals surface area contributed by atoms with Crippen molar-refractivity contribution in [2.75, 3.05) is 38.1 Å². The Labute approximate surface area is 130 Å². The summed E-state index contributed by atoms with van der Waals surface area (Å²) in [5.41, 5.74) is 0.934. The highest BCUT2D eigenvalue weighted by Crippen LogP contribution is 2.38. The quantitative estimate of drug-likeness (QED) is 0.748. The van der Waals surface area contributed by atoms with Gasteiger partial charge in [0.1, 0.15) is 5.92 Å². The van der Waals surface area contributed by atoms with Gasteiger partial charge in [-0.3, -0.25) is 4.79 Å². The predicted molar refractivity (Wildman–Crippen MR) is 86.1 cm³/mol. The number of rotatable bonds is 8. The van der Waals surface area contributed by atoms with Crippen molar-refractivity contribution >= 4 is 22.4 Å². The number of likely N-dealkylation sites (N-methyl/N-ethyl adjacent to an activating group) is 1. The lowest BCUT2D eigenvalue weighted by Crippen LogP contribution is -2.28. The van der Waals surface area contributed by atoms with E-state index in [1.165, 1.54) is 4.88 Å². The predicted octanol–water partition coefficient (Wildman–Crippen LogP) is 2.49. The molecule has 1 atom stereocenters. The van der Waals surface area contributed by atoms with E-state index in [0.29, 0.717) is 6.61 Å². The Morgan fingerprint density at radius 2 is 2.19 bits per heavy atom. The number of esters is 1. The van der Waals surface area contributed by atoms with Gasteiger partial charge in [0, 0.05) is 18.0 Å². The minimum atomic E-state index is -0.158. The summed E-state index contributed by atoms with van der Waals surface area (Å²) >= 11 is 1.68. The van der Waals surface area contributed by atoms with Crippen molar-refractivity contribution in [1.82, 2.24) is 9.88 Å². The molecule has 1 aliphatic rings. The number of ether oxygens (including phenoxy) is 1. The van der Waals surface area contributed by atoms with E-state index in [1.54, 1.807) is 11.3 Å². The van der Waals surface area contributed by atoms with E-state index in [0.717, 1.165) is 49.8 Å². The maximum absolute atomic E-state index is 11.9. The van der Waals surface area contributed by atoms with Gasteiger partial charge in [0.2, 0.25) is 0 Å². The molecule has 6 heteroatoms. The van der Waals surface area contributed by atoms with Gasteiger partial charge in [-0.05, 0) is 32.9 Å². The summed E-state index contributed by atoms with van der Waals surface area (Å²) in [7, 11) is 0. The van der Waals surface area contributed by atoms with E-state index in [2.05, 4.69) is 29.0 Å². The van der Waals surface area contributed by atoms with Crippen LogP contribution in [0.3, 0.4) is 0 Å². The molecule has 118 valence electrons. The second-order valence-corrected chi connectivity index (χ2v) is 6.21. The lowest BCUT2D eigenvalue weighted by molar-refractivity contribution is -0.145. The Morgan fingerprint density at radius 3 is 2.86 bits per heavy atom. The number of carbonyl (C=O) groups excluding carboxylic acids is 1. The van der Waals surface area contributed by atoms with Crippen LogP contribution in [0.15, 0.2) is 0 Å². The summed E-state index contributed by atoms with van der Waals surface area (Å²) in [4.78, 5) is 20.1. The number of hydrogen-bond acceptors (Lipinski definition) is 6. The topological polar surface area (TPSA) is 54.5 Å². The van der Waals surface area contributed by atoms with Crippen LogP contribution in [0.25, 0.3) is 0 Å². The van der Waals surface area contributed by atoms with Crippen LogP contribution in [-0.4, -0.2) is 48.6 Å². The van der Waals surface area contributed by atoms with Crippen molar-refractivity contribution in [3.63, 3.8) is 0 Å². The van der Waals surface area contributed by atoms with Crippen LogP contribution in [-0.2, 0) is 16.0 Å². The average molecular weight is 311 g/mol. The second kappa shape index (κ2) is 7.75. The lowest BCUT2D eigenvalue weighted by atomic mass is 10.1. The molecule has 0 fully saturated rings. The molecule has 1 aromatic rings. The van der Waals surface area contributed by atoms with Crippen molar-refractivity contribution in [2.24, 2.45) is 0 Å². The monoisotopic (exact) mass is 311 g/mol. The lowest BCUT2D eigenvalue weighted by Gasteiger charge is -2.17. The van der Waals surface area contributed by atoms with Crippen LogP contribution in [0, 0.1) is 0 Å². The van der Waals surface area contributed by atoms with Gasteiger partial charge in [-0.2, -0.15) is 0 Å². The molecular formula is C15H25N3O2S. The van der Waals surface area contributed by atoms with E-state index < -0.39 is 0 Å². The molecule has 0 saturated carbocycles. The zero-order valence-electron chi connectivity index (χ0n) is 13.1. The highest BCUT2D eigenvalue weighted by Gasteiger charge is 2.33. The Morgan fingerprint density at radius 1 is 1.43 bits per heavy atom. The van der Waals surface area contributed by atoms with Crippen LogP contribution in [0.4, 0.5) is 5.13 Å². The zero-order valence-corrected chi connectivity index (χ0v) is 14.0. The van der Waals surface area contributed by atoms with Gasteiger partial charge in [0.15, 0.2) is 5.13 Å². The molecule has 0 amide bonds. The van der Waals surface area contributed by atoms with Crippen LogP contribution in [0.1, 0.15) is 43.7 Å². The number of hydrogen-bond donors (Lipinski definition) is 1. The molecule has 21 heavy (non-hydrogen) atoms. The number of thiazole rings is 1. The molecule has 1 aromatic heterocycles. The van der Waals surface area contributed by atoms with E-state index in [9.17, 15) is 4.79 Å². The normalized spacial score (nSPS) is 17.0. The molecule has 1 unspecified atom stereocenters. The van der Waals surface area contributed by atoms with Crippen molar-refractivity contribution in [3.8, 4) is 0 Å². The van der Waals surface area contributed by atoms with Gasteiger partial charge >= 0.3 is 5.97 Å². The van der Waals surface area contributed by atoms with E-state index in [-0.39, 0.29) is 11.9 Å². The third-order valence-electron chi connectivity index (χ3n) is 3.89. The number of fused-ring (bicyclic) bond motifs is 1. The maximum Gasteiger partial charge on any atom is 0.315 e. The van der Waals surface area contributed by atoms with Gasteiger partial charge in [0.05, 0.1) is 12.3 Å². The first kappa shape index (κ1) is 16.2. The van der Waals surface area contributed by atoms with Crippen molar-refractivity contribution in [3.05, 3.63) is 10.6 Å². The fraction of sp³-hybridized carbons (Fsp3) is 0.733. The van der Waals surface area contributed by atoms with Crippen LogP contribution in [0.5, 0.6) is 0 Å². The van der Waals surface area contributed by atoms with E-state index >= 15 is 0 Å².